The lowest BCUT2D eigenvalue weighted by molar-refractivity contribution is 0.600. The molecule has 2 aromatic rings. The first-order chi connectivity index (χ1) is 14.2. The molecule has 1 aliphatic rings. The van der Waals surface area contributed by atoms with Crippen LogP contribution >= 0.6 is 12.6 Å². The molecule has 30 heavy (non-hydrogen) atoms. The smallest absolute Gasteiger partial charge is 0.134 e. The SMILES string of the molecule is C=C(Cc1cc(C)c(C)cc1C)C(C)/C(C)=C(\S)c1ccc2c(c1F)CCCCC2. The molecule has 0 nitrogen and oxygen atoms in total. The highest BCUT2D eigenvalue weighted by molar-refractivity contribution is 7.90. The number of halogens is 1. The molecule has 0 amide bonds. The van der Waals surface area contributed by atoms with Crippen LogP contribution in [0.3, 0.4) is 0 Å². The zero-order valence-electron chi connectivity index (χ0n) is 19.2. The van der Waals surface area contributed by atoms with Crippen LogP contribution in [0.25, 0.3) is 4.91 Å². The van der Waals surface area contributed by atoms with E-state index in [1.807, 2.05) is 6.07 Å². The Kier molecular flexibility index (Phi) is 7.29. The maximum absolute atomic E-state index is 15.4. The van der Waals surface area contributed by atoms with Crippen LogP contribution in [0.4, 0.5) is 4.39 Å². The summed E-state index contributed by atoms with van der Waals surface area (Å²) in [7, 11) is 0. The van der Waals surface area contributed by atoms with Crippen molar-refractivity contribution in [1.82, 2.24) is 0 Å². The maximum atomic E-state index is 15.4. The van der Waals surface area contributed by atoms with Gasteiger partial charge < -0.3 is 0 Å². The van der Waals surface area contributed by atoms with Crippen molar-refractivity contribution in [2.75, 3.05) is 0 Å². The van der Waals surface area contributed by atoms with Crippen molar-refractivity contribution in [2.24, 2.45) is 5.92 Å². The molecule has 160 valence electrons. The first-order valence-corrected chi connectivity index (χ1v) is 11.6. The summed E-state index contributed by atoms with van der Waals surface area (Å²) in [5, 5.41) is 0. The minimum atomic E-state index is -0.0680. The minimum Gasteiger partial charge on any atom is -0.206 e. The minimum absolute atomic E-state index is 0.0680. The van der Waals surface area contributed by atoms with Crippen LogP contribution in [0.2, 0.25) is 0 Å². The number of hydrogen-bond donors (Lipinski definition) is 1. The lowest BCUT2D eigenvalue weighted by Crippen LogP contribution is -2.07. The van der Waals surface area contributed by atoms with E-state index in [2.05, 4.69) is 59.4 Å². The van der Waals surface area contributed by atoms with Gasteiger partial charge in [-0.1, -0.05) is 55.3 Å². The largest absolute Gasteiger partial charge is 0.206 e. The second-order valence-electron chi connectivity index (χ2n) is 9.08. The fourth-order valence-electron chi connectivity index (χ4n) is 4.47. The summed E-state index contributed by atoms with van der Waals surface area (Å²) in [6, 6.07) is 8.56. The van der Waals surface area contributed by atoms with E-state index in [4.69, 9.17) is 12.6 Å². The van der Waals surface area contributed by atoms with E-state index in [0.29, 0.717) is 5.56 Å². The van der Waals surface area contributed by atoms with Crippen molar-refractivity contribution in [3.05, 3.63) is 86.8 Å². The van der Waals surface area contributed by atoms with Crippen LogP contribution < -0.4 is 0 Å². The summed E-state index contributed by atoms with van der Waals surface area (Å²) < 4.78 is 15.4. The van der Waals surface area contributed by atoms with Crippen LogP contribution in [-0.4, -0.2) is 0 Å². The third-order valence-electron chi connectivity index (χ3n) is 6.97. The van der Waals surface area contributed by atoms with E-state index in [1.165, 1.54) is 34.2 Å². The van der Waals surface area contributed by atoms with Crippen molar-refractivity contribution >= 4 is 17.5 Å². The monoisotopic (exact) mass is 422 g/mol. The van der Waals surface area contributed by atoms with Gasteiger partial charge in [0.25, 0.3) is 0 Å². The summed E-state index contributed by atoms with van der Waals surface area (Å²) in [5.74, 6) is 0.0679. The Morgan fingerprint density at radius 1 is 1.03 bits per heavy atom. The number of thiol groups is 1. The van der Waals surface area contributed by atoms with E-state index in [0.717, 1.165) is 53.7 Å². The summed E-state index contributed by atoms with van der Waals surface area (Å²) in [5.41, 5.74) is 10.2. The molecular formula is C28H35FS. The van der Waals surface area contributed by atoms with Gasteiger partial charge in [-0.15, -0.1) is 12.6 Å². The first kappa shape index (κ1) is 22.9. The molecule has 0 radical (unpaired) electrons. The average Bonchev–Trinajstić information content (AvgIpc) is 2.97. The van der Waals surface area contributed by atoms with Gasteiger partial charge in [0.05, 0.1) is 0 Å². The Balaban J connectivity index is 1.87. The van der Waals surface area contributed by atoms with Gasteiger partial charge in [0, 0.05) is 10.5 Å². The standard InChI is InChI=1S/C28H35FS/c1-17-14-20(4)24(15-18(17)2)16-19(3)21(5)22(6)28(30)26-13-12-23-10-8-7-9-11-25(23)27(26)29/h12-15,21,30H,3,7-11,16H2,1-2,4-6H3/b28-22-. The lowest BCUT2D eigenvalue weighted by Gasteiger charge is -2.21. The Bertz CT molecular complexity index is 996. The summed E-state index contributed by atoms with van der Waals surface area (Å²) in [6.07, 6.45) is 6.06. The van der Waals surface area contributed by atoms with Gasteiger partial charge >= 0.3 is 0 Å². The van der Waals surface area contributed by atoms with Gasteiger partial charge in [0.1, 0.15) is 5.82 Å². The Labute approximate surface area is 187 Å². The molecule has 0 aliphatic heterocycles. The van der Waals surface area contributed by atoms with Gasteiger partial charge in [-0.2, -0.15) is 0 Å². The highest BCUT2D eigenvalue weighted by Crippen LogP contribution is 2.35. The number of hydrogen-bond acceptors (Lipinski definition) is 1. The van der Waals surface area contributed by atoms with Crippen molar-refractivity contribution in [3.8, 4) is 0 Å². The third kappa shape index (κ3) is 4.75. The molecule has 0 spiro atoms. The average molecular weight is 423 g/mol. The van der Waals surface area contributed by atoms with Crippen molar-refractivity contribution in [1.29, 1.82) is 0 Å². The molecule has 0 N–H and O–H groups in total. The predicted octanol–water partition coefficient (Wildman–Crippen LogP) is 8.12. The van der Waals surface area contributed by atoms with Crippen LogP contribution in [0.1, 0.15) is 72.1 Å². The summed E-state index contributed by atoms with van der Waals surface area (Å²) in [4.78, 5) is 0.755. The molecule has 0 saturated carbocycles. The quantitative estimate of drug-likeness (QED) is 0.281. The van der Waals surface area contributed by atoms with E-state index in [-0.39, 0.29) is 11.7 Å². The second-order valence-corrected chi connectivity index (χ2v) is 9.52. The number of rotatable bonds is 5. The van der Waals surface area contributed by atoms with Crippen LogP contribution in [0, 0.1) is 32.5 Å². The fourth-order valence-corrected chi connectivity index (χ4v) is 4.84. The van der Waals surface area contributed by atoms with Gasteiger partial charge in [0.15, 0.2) is 0 Å². The number of fused-ring (bicyclic) bond motifs is 1. The van der Waals surface area contributed by atoms with Gasteiger partial charge in [-0.25, -0.2) is 4.39 Å². The lowest BCUT2D eigenvalue weighted by atomic mass is 9.87. The van der Waals surface area contributed by atoms with Gasteiger partial charge in [0.2, 0.25) is 0 Å². The molecule has 3 rings (SSSR count). The van der Waals surface area contributed by atoms with E-state index < -0.39 is 0 Å². The van der Waals surface area contributed by atoms with Crippen molar-refractivity contribution < 1.29 is 4.39 Å². The van der Waals surface area contributed by atoms with Gasteiger partial charge in [-0.3, -0.25) is 0 Å². The Morgan fingerprint density at radius 2 is 1.70 bits per heavy atom. The number of aryl methyl sites for hydroxylation is 4. The van der Waals surface area contributed by atoms with Gasteiger partial charge in [-0.05, 0) is 99.1 Å². The molecule has 0 bridgehead atoms. The molecule has 2 heteroatoms. The second kappa shape index (κ2) is 9.56. The van der Waals surface area contributed by atoms with Crippen molar-refractivity contribution in [3.63, 3.8) is 0 Å². The van der Waals surface area contributed by atoms with E-state index in [1.54, 1.807) is 0 Å². The Morgan fingerprint density at radius 3 is 2.43 bits per heavy atom. The highest BCUT2D eigenvalue weighted by atomic mass is 32.1. The molecular weight excluding hydrogens is 387 g/mol. The zero-order chi connectivity index (χ0) is 22.0. The first-order valence-electron chi connectivity index (χ1n) is 11.2. The van der Waals surface area contributed by atoms with Crippen LogP contribution in [-0.2, 0) is 19.3 Å². The van der Waals surface area contributed by atoms with E-state index >= 15 is 4.39 Å². The van der Waals surface area contributed by atoms with Crippen LogP contribution in [0.15, 0.2) is 42.0 Å². The number of benzene rings is 2. The predicted molar refractivity (Wildman–Crippen MR) is 132 cm³/mol. The molecule has 1 aliphatic carbocycles. The molecule has 0 aromatic heterocycles. The molecule has 1 unspecified atom stereocenters. The van der Waals surface area contributed by atoms with Crippen molar-refractivity contribution in [2.45, 2.75) is 73.1 Å². The molecule has 0 heterocycles. The molecule has 2 aromatic carbocycles. The van der Waals surface area contributed by atoms with Crippen LogP contribution in [0.5, 0.6) is 0 Å². The summed E-state index contributed by atoms with van der Waals surface area (Å²) in [6.45, 7) is 15.1. The third-order valence-corrected chi connectivity index (χ3v) is 7.57. The fraction of sp³-hybridized carbons (Fsp3) is 0.429. The number of allylic oxidation sites excluding steroid dienone is 2. The topological polar surface area (TPSA) is 0 Å². The maximum Gasteiger partial charge on any atom is 0.134 e. The zero-order valence-corrected chi connectivity index (χ0v) is 20.1. The Hall–Kier alpha value is -1.80. The molecule has 0 fully saturated rings. The highest BCUT2D eigenvalue weighted by Gasteiger charge is 2.20. The molecule has 0 saturated heterocycles. The van der Waals surface area contributed by atoms with E-state index in [9.17, 15) is 0 Å². The summed E-state index contributed by atoms with van der Waals surface area (Å²) >= 11 is 4.79. The normalized spacial score (nSPS) is 15.8. The molecule has 1 atom stereocenters.